The van der Waals surface area contributed by atoms with E-state index in [4.69, 9.17) is 11.6 Å². The Balaban J connectivity index is 2.06. The second kappa shape index (κ2) is 7.27. The summed E-state index contributed by atoms with van der Waals surface area (Å²) in [5.41, 5.74) is 2.50. The van der Waals surface area contributed by atoms with Gasteiger partial charge in [-0.3, -0.25) is 4.98 Å². The van der Waals surface area contributed by atoms with Crippen molar-refractivity contribution >= 4 is 11.6 Å². The van der Waals surface area contributed by atoms with Gasteiger partial charge in [0.1, 0.15) is 0 Å². The normalized spacial score (nSPS) is 12.3. The van der Waals surface area contributed by atoms with Gasteiger partial charge in [0.2, 0.25) is 0 Å². The average molecular weight is 275 g/mol. The summed E-state index contributed by atoms with van der Waals surface area (Å²) in [5.74, 6) is 0. The molecule has 1 aromatic heterocycles. The van der Waals surface area contributed by atoms with Gasteiger partial charge in [-0.05, 0) is 36.6 Å². The highest BCUT2D eigenvalue weighted by Crippen LogP contribution is 2.17. The molecule has 1 heterocycles. The molecule has 0 spiro atoms. The molecule has 0 aliphatic rings. The molecule has 0 aliphatic carbocycles. The Kier molecular flexibility index (Phi) is 5.37. The quantitative estimate of drug-likeness (QED) is 0.872. The molecule has 0 saturated carbocycles. The van der Waals surface area contributed by atoms with Crippen molar-refractivity contribution in [2.24, 2.45) is 0 Å². The third kappa shape index (κ3) is 4.34. The first-order valence-corrected chi connectivity index (χ1v) is 7.03. The minimum absolute atomic E-state index is 0.396. The highest BCUT2D eigenvalue weighted by molar-refractivity contribution is 6.31. The van der Waals surface area contributed by atoms with Crippen LogP contribution < -0.4 is 5.32 Å². The van der Waals surface area contributed by atoms with Gasteiger partial charge in [0.15, 0.2) is 0 Å². The van der Waals surface area contributed by atoms with Gasteiger partial charge < -0.3 is 5.32 Å². The molecule has 0 amide bonds. The minimum Gasteiger partial charge on any atom is -0.314 e. The zero-order valence-corrected chi connectivity index (χ0v) is 11.9. The Labute approximate surface area is 119 Å². The van der Waals surface area contributed by atoms with Crippen LogP contribution in [-0.2, 0) is 12.8 Å². The maximum atomic E-state index is 6.18. The summed E-state index contributed by atoms with van der Waals surface area (Å²) in [6, 6.07) is 12.9. The number of aromatic nitrogens is 1. The van der Waals surface area contributed by atoms with Crippen LogP contribution >= 0.6 is 11.6 Å². The van der Waals surface area contributed by atoms with E-state index in [9.17, 15) is 0 Å². The second-order valence-corrected chi connectivity index (χ2v) is 5.02. The van der Waals surface area contributed by atoms with Gasteiger partial charge in [0, 0.05) is 18.4 Å². The van der Waals surface area contributed by atoms with Crippen LogP contribution in [0.3, 0.4) is 0 Å². The molecule has 0 radical (unpaired) electrons. The van der Waals surface area contributed by atoms with E-state index < -0.39 is 0 Å². The number of rotatable bonds is 6. The maximum Gasteiger partial charge on any atom is 0.0621 e. The van der Waals surface area contributed by atoms with Crippen LogP contribution in [0.5, 0.6) is 0 Å². The Bertz CT molecular complexity index is 499. The standard InChI is InChI=1S/C16H19ClN2/c1-2-19-15(10-13-6-4-3-5-7-13)11-14-8-9-18-12-16(14)17/h3-9,12,15,19H,2,10-11H2,1H3. The van der Waals surface area contributed by atoms with Gasteiger partial charge in [0.05, 0.1) is 5.02 Å². The molecule has 1 N–H and O–H groups in total. The third-order valence-corrected chi connectivity index (χ3v) is 3.48. The summed E-state index contributed by atoms with van der Waals surface area (Å²) in [7, 11) is 0. The summed E-state index contributed by atoms with van der Waals surface area (Å²) in [5, 5.41) is 4.28. The number of nitrogens with zero attached hydrogens (tertiary/aromatic N) is 1. The van der Waals surface area contributed by atoms with Crippen LogP contribution in [-0.4, -0.2) is 17.6 Å². The van der Waals surface area contributed by atoms with E-state index in [1.54, 1.807) is 12.4 Å². The Morgan fingerprint density at radius 2 is 1.95 bits per heavy atom. The Morgan fingerprint density at radius 3 is 2.63 bits per heavy atom. The molecule has 2 aromatic rings. The van der Waals surface area contributed by atoms with Crippen LogP contribution in [0.15, 0.2) is 48.8 Å². The molecule has 1 aromatic carbocycles. The molecule has 0 bridgehead atoms. The monoisotopic (exact) mass is 274 g/mol. The number of hydrogen-bond acceptors (Lipinski definition) is 2. The van der Waals surface area contributed by atoms with Crippen molar-refractivity contribution in [3.8, 4) is 0 Å². The fourth-order valence-electron chi connectivity index (χ4n) is 2.24. The molecule has 1 atom stereocenters. The lowest BCUT2D eigenvalue weighted by Gasteiger charge is -2.18. The SMILES string of the molecule is CCNC(Cc1ccccc1)Cc1ccncc1Cl. The number of benzene rings is 1. The predicted molar refractivity (Wildman–Crippen MR) is 80.6 cm³/mol. The first-order chi connectivity index (χ1) is 9.29. The zero-order valence-electron chi connectivity index (χ0n) is 11.1. The molecule has 0 fully saturated rings. The number of pyridine rings is 1. The van der Waals surface area contributed by atoms with Gasteiger partial charge >= 0.3 is 0 Å². The van der Waals surface area contributed by atoms with Gasteiger partial charge in [-0.2, -0.15) is 0 Å². The second-order valence-electron chi connectivity index (χ2n) is 4.62. The van der Waals surface area contributed by atoms with Crippen LogP contribution in [0.4, 0.5) is 0 Å². The smallest absolute Gasteiger partial charge is 0.0621 e. The molecule has 0 aliphatic heterocycles. The Morgan fingerprint density at radius 1 is 1.16 bits per heavy atom. The lowest BCUT2D eigenvalue weighted by molar-refractivity contribution is 0.521. The summed E-state index contributed by atoms with van der Waals surface area (Å²) >= 11 is 6.18. The minimum atomic E-state index is 0.396. The van der Waals surface area contributed by atoms with Crippen molar-refractivity contribution in [2.75, 3.05) is 6.54 Å². The average Bonchev–Trinajstić information content (AvgIpc) is 2.43. The van der Waals surface area contributed by atoms with Crippen LogP contribution in [0.1, 0.15) is 18.1 Å². The Hall–Kier alpha value is -1.38. The lowest BCUT2D eigenvalue weighted by Crippen LogP contribution is -2.33. The molecular weight excluding hydrogens is 256 g/mol. The van der Waals surface area contributed by atoms with E-state index in [1.165, 1.54) is 5.56 Å². The van der Waals surface area contributed by atoms with Crippen molar-refractivity contribution in [1.82, 2.24) is 10.3 Å². The van der Waals surface area contributed by atoms with Crippen molar-refractivity contribution < 1.29 is 0 Å². The van der Waals surface area contributed by atoms with E-state index in [0.717, 1.165) is 30.0 Å². The third-order valence-electron chi connectivity index (χ3n) is 3.14. The van der Waals surface area contributed by atoms with Crippen molar-refractivity contribution in [1.29, 1.82) is 0 Å². The molecule has 19 heavy (non-hydrogen) atoms. The van der Waals surface area contributed by atoms with E-state index in [2.05, 4.69) is 41.5 Å². The topological polar surface area (TPSA) is 24.9 Å². The molecule has 0 saturated heterocycles. The first kappa shape index (κ1) is 14.0. The summed E-state index contributed by atoms with van der Waals surface area (Å²) in [6.07, 6.45) is 5.44. The van der Waals surface area contributed by atoms with Gasteiger partial charge in [-0.15, -0.1) is 0 Å². The van der Waals surface area contributed by atoms with Crippen molar-refractivity contribution in [3.05, 3.63) is 64.9 Å². The number of nitrogens with one attached hydrogen (secondary N) is 1. The molecular formula is C16H19ClN2. The van der Waals surface area contributed by atoms with Crippen LogP contribution in [0, 0.1) is 0 Å². The molecule has 1 unspecified atom stereocenters. The van der Waals surface area contributed by atoms with Crippen LogP contribution in [0.2, 0.25) is 5.02 Å². The first-order valence-electron chi connectivity index (χ1n) is 6.65. The van der Waals surface area contributed by atoms with Gasteiger partial charge in [-0.1, -0.05) is 48.9 Å². The fourth-order valence-corrected chi connectivity index (χ4v) is 2.44. The van der Waals surface area contributed by atoms with E-state index in [-0.39, 0.29) is 0 Å². The van der Waals surface area contributed by atoms with Crippen molar-refractivity contribution in [3.63, 3.8) is 0 Å². The molecule has 100 valence electrons. The van der Waals surface area contributed by atoms with Gasteiger partial charge in [0.25, 0.3) is 0 Å². The summed E-state index contributed by atoms with van der Waals surface area (Å²) in [4.78, 5) is 4.03. The molecule has 2 nitrogen and oxygen atoms in total. The largest absolute Gasteiger partial charge is 0.314 e. The van der Waals surface area contributed by atoms with Crippen LogP contribution in [0.25, 0.3) is 0 Å². The lowest BCUT2D eigenvalue weighted by atomic mass is 9.99. The van der Waals surface area contributed by atoms with E-state index >= 15 is 0 Å². The maximum absolute atomic E-state index is 6.18. The summed E-state index contributed by atoms with van der Waals surface area (Å²) < 4.78 is 0. The number of halogens is 1. The van der Waals surface area contributed by atoms with Crippen molar-refractivity contribution in [2.45, 2.75) is 25.8 Å². The summed E-state index contributed by atoms with van der Waals surface area (Å²) in [6.45, 7) is 3.09. The zero-order chi connectivity index (χ0) is 13.5. The van der Waals surface area contributed by atoms with E-state index in [1.807, 2.05) is 12.1 Å². The molecule has 3 heteroatoms. The number of hydrogen-bond donors (Lipinski definition) is 1. The van der Waals surface area contributed by atoms with E-state index in [0.29, 0.717) is 6.04 Å². The highest BCUT2D eigenvalue weighted by atomic mass is 35.5. The number of likely N-dealkylation sites (N-methyl/N-ethyl adjacent to an activating group) is 1. The predicted octanol–water partition coefficient (Wildman–Crippen LogP) is 3.50. The fraction of sp³-hybridized carbons (Fsp3) is 0.312. The molecule has 2 rings (SSSR count). The van der Waals surface area contributed by atoms with Gasteiger partial charge in [-0.25, -0.2) is 0 Å². The highest BCUT2D eigenvalue weighted by Gasteiger charge is 2.11.